The van der Waals surface area contributed by atoms with Gasteiger partial charge in [0.2, 0.25) is 17.7 Å². The molecule has 0 fully saturated rings. The molecule has 2 aliphatic rings. The number of nitrogens with one attached hydrogen (secondary N) is 2. The molecule has 258 valence electrons. The number of benzene rings is 2. The van der Waals surface area contributed by atoms with Gasteiger partial charge in [-0.2, -0.15) is 0 Å². The second kappa shape index (κ2) is 17.1. The predicted molar refractivity (Wildman–Crippen MR) is 182 cm³/mol. The number of aryl methyl sites for hydroxylation is 1. The average molecular weight is 651 g/mol. The Morgan fingerprint density at radius 1 is 0.979 bits per heavy atom. The van der Waals surface area contributed by atoms with Crippen molar-refractivity contribution in [2.24, 2.45) is 17.1 Å². The van der Waals surface area contributed by atoms with Gasteiger partial charge in [-0.05, 0) is 65.5 Å². The Morgan fingerprint density at radius 2 is 1.70 bits per heavy atom. The van der Waals surface area contributed by atoms with Gasteiger partial charge in [-0.1, -0.05) is 65.0 Å². The van der Waals surface area contributed by atoms with E-state index in [1.807, 2.05) is 65.0 Å². The lowest BCUT2D eigenvalue weighted by Crippen LogP contribution is -2.61. The van der Waals surface area contributed by atoms with E-state index in [1.54, 1.807) is 4.90 Å². The van der Waals surface area contributed by atoms with Gasteiger partial charge in [0.15, 0.2) is 0 Å². The summed E-state index contributed by atoms with van der Waals surface area (Å²) in [5.74, 6) is -0.178. The Hall–Kier alpha value is -3.47. The van der Waals surface area contributed by atoms with Crippen LogP contribution in [0.4, 0.5) is 0 Å². The summed E-state index contributed by atoms with van der Waals surface area (Å²) in [6.07, 6.45) is 3.86. The third-order valence-corrected chi connectivity index (χ3v) is 9.17. The quantitative estimate of drug-likeness (QED) is 0.248. The molecule has 1 aliphatic heterocycles. The maximum absolute atomic E-state index is 14.5. The summed E-state index contributed by atoms with van der Waals surface area (Å²) in [5.41, 5.74) is 9.16. The van der Waals surface area contributed by atoms with Gasteiger partial charge in [-0.25, -0.2) is 0 Å². The third-order valence-electron chi connectivity index (χ3n) is 9.17. The van der Waals surface area contributed by atoms with E-state index in [-0.39, 0.29) is 36.2 Å². The first kappa shape index (κ1) is 36.4. The standard InChI is InChI=1S/C37H54N4O6/c1-6-25(2)34(42)40-33(37(3,4)5)36(44)41-24-28-22-29(47-21-20-46-19-18-45-17-16-38)15-14-27(28)23-32(41)35(43)39-31-13-9-11-26-10-7-8-12-30(26)31/h7-8,10,12,14-15,22,25,31-33H,6,9,11,13,16-21,23-24,38H2,1-5H3,(H,39,43)(H,40,42)/t25-,31-,32+,33-/m1/s1. The van der Waals surface area contributed by atoms with E-state index in [9.17, 15) is 14.4 Å². The van der Waals surface area contributed by atoms with E-state index >= 15 is 0 Å². The SMILES string of the molecule is CC[C@@H](C)C(=O)N[C@H](C(=O)N1Cc2cc(OCCOCCOCCN)ccc2C[C@H]1C(=O)N[C@@H]1CCCc2ccccc21)C(C)(C)C. The van der Waals surface area contributed by atoms with E-state index in [1.165, 1.54) is 5.56 Å². The molecule has 0 aromatic heterocycles. The number of rotatable bonds is 15. The van der Waals surface area contributed by atoms with Gasteiger partial charge in [0.25, 0.3) is 0 Å². The van der Waals surface area contributed by atoms with E-state index < -0.39 is 17.5 Å². The summed E-state index contributed by atoms with van der Waals surface area (Å²) in [7, 11) is 0. The van der Waals surface area contributed by atoms with Crippen molar-refractivity contribution in [1.29, 1.82) is 0 Å². The van der Waals surface area contributed by atoms with Gasteiger partial charge in [0.1, 0.15) is 24.4 Å². The van der Waals surface area contributed by atoms with Crippen molar-refractivity contribution >= 4 is 17.7 Å². The molecule has 0 unspecified atom stereocenters. The molecule has 1 aliphatic carbocycles. The van der Waals surface area contributed by atoms with Gasteiger partial charge in [-0.3, -0.25) is 14.4 Å². The Bertz CT molecular complexity index is 1360. The molecule has 0 saturated heterocycles. The highest BCUT2D eigenvalue weighted by Crippen LogP contribution is 2.33. The molecule has 3 amide bonds. The number of ether oxygens (including phenoxy) is 3. The first-order valence-corrected chi connectivity index (χ1v) is 17.1. The highest BCUT2D eigenvalue weighted by molar-refractivity contribution is 5.93. The van der Waals surface area contributed by atoms with Crippen LogP contribution < -0.4 is 21.1 Å². The summed E-state index contributed by atoms with van der Waals surface area (Å²) in [6.45, 7) is 12.6. The molecule has 4 atom stereocenters. The minimum atomic E-state index is -0.804. The fourth-order valence-electron chi connectivity index (χ4n) is 6.20. The maximum Gasteiger partial charge on any atom is 0.246 e. The molecule has 1 heterocycles. The number of amides is 3. The van der Waals surface area contributed by atoms with Crippen LogP contribution >= 0.6 is 0 Å². The lowest BCUT2D eigenvalue weighted by Gasteiger charge is -2.42. The van der Waals surface area contributed by atoms with E-state index in [0.29, 0.717) is 58.2 Å². The molecule has 47 heavy (non-hydrogen) atoms. The summed E-state index contributed by atoms with van der Waals surface area (Å²) in [4.78, 5) is 43.4. The monoisotopic (exact) mass is 650 g/mol. The van der Waals surface area contributed by atoms with Crippen LogP contribution in [0.3, 0.4) is 0 Å². The van der Waals surface area contributed by atoms with Crippen molar-refractivity contribution in [3.8, 4) is 5.75 Å². The van der Waals surface area contributed by atoms with Crippen LogP contribution in [-0.4, -0.2) is 74.3 Å². The normalized spacial score (nSPS) is 18.8. The lowest BCUT2D eigenvalue weighted by atomic mass is 9.83. The maximum atomic E-state index is 14.5. The number of hydrogen-bond acceptors (Lipinski definition) is 7. The lowest BCUT2D eigenvalue weighted by molar-refractivity contribution is -0.147. The van der Waals surface area contributed by atoms with Crippen LogP contribution in [0.15, 0.2) is 42.5 Å². The number of fused-ring (bicyclic) bond motifs is 2. The minimum Gasteiger partial charge on any atom is -0.491 e. The van der Waals surface area contributed by atoms with Crippen molar-refractivity contribution in [2.45, 2.75) is 91.4 Å². The Morgan fingerprint density at radius 3 is 2.43 bits per heavy atom. The van der Waals surface area contributed by atoms with Crippen molar-refractivity contribution in [3.63, 3.8) is 0 Å². The zero-order valence-corrected chi connectivity index (χ0v) is 28.8. The van der Waals surface area contributed by atoms with Crippen LogP contribution in [0.2, 0.25) is 0 Å². The van der Waals surface area contributed by atoms with Crippen molar-refractivity contribution in [3.05, 3.63) is 64.7 Å². The van der Waals surface area contributed by atoms with Crippen molar-refractivity contribution in [1.82, 2.24) is 15.5 Å². The molecule has 2 aromatic rings. The summed E-state index contributed by atoms with van der Waals surface area (Å²) >= 11 is 0. The van der Waals surface area contributed by atoms with Crippen LogP contribution in [0.25, 0.3) is 0 Å². The second-order valence-corrected chi connectivity index (χ2v) is 13.7. The predicted octanol–water partition coefficient (Wildman–Crippen LogP) is 4.08. The number of hydrogen-bond donors (Lipinski definition) is 3. The van der Waals surface area contributed by atoms with Gasteiger partial charge < -0.3 is 35.5 Å². The summed E-state index contributed by atoms with van der Waals surface area (Å²) < 4.78 is 16.9. The number of carbonyl (C=O) groups excluding carboxylic acids is 3. The van der Waals surface area contributed by atoms with Crippen LogP contribution in [0, 0.1) is 11.3 Å². The topological polar surface area (TPSA) is 132 Å². The van der Waals surface area contributed by atoms with Crippen LogP contribution in [0.1, 0.15) is 82.2 Å². The van der Waals surface area contributed by atoms with E-state index in [2.05, 4.69) is 22.8 Å². The Balaban J connectivity index is 1.55. The molecular formula is C37H54N4O6. The van der Waals surface area contributed by atoms with E-state index in [4.69, 9.17) is 19.9 Å². The van der Waals surface area contributed by atoms with E-state index in [0.717, 1.165) is 36.0 Å². The largest absolute Gasteiger partial charge is 0.491 e. The van der Waals surface area contributed by atoms with Gasteiger partial charge >= 0.3 is 0 Å². The zero-order chi connectivity index (χ0) is 34.0. The first-order chi connectivity index (χ1) is 22.5. The smallest absolute Gasteiger partial charge is 0.246 e. The van der Waals surface area contributed by atoms with Crippen molar-refractivity contribution in [2.75, 3.05) is 39.6 Å². The second-order valence-electron chi connectivity index (χ2n) is 13.7. The summed E-state index contributed by atoms with van der Waals surface area (Å²) in [6, 6.07) is 12.4. The number of nitrogens with zero attached hydrogens (tertiary/aromatic N) is 1. The molecular weight excluding hydrogens is 596 g/mol. The first-order valence-electron chi connectivity index (χ1n) is 17.1. The summed E-state index contributed by atoms with van der Waals surface area (Å²) in [5, 5.41) is 6.33. The highest BCUT2D eigenvalue weighted by Gasteiger charge is 2.43. The zero-order valence-electron chi connectivity index (χ0n) is 28.8. The molecule has 4 N–H and O–H groups in total. The molecule has 0 spiro atoms. The van der Waals surface area contributed by atoms with Crippen molar-refractivity contribution < 1.29 is 28.6 Å². The highest BCUT2D eigenvalue weighted by atomic mass is 16.5. The van der Waals surface area contributed by atoms with Crippen LogP contribution in [-0.2, 0) is 43.2 Å². The average Bonchev–Trinajstić information content (AvgIpc) is 3.06. The molecule has 10 nitrogen and oxygen atoms in total. The molecule has 0 saturated carbocycles. The Labute approximate surface area is 280 Å². The fraction of sp³-hybridized carbons (Fsp3) is 0.595. The van der Waals surface area contributed by atoms with Gasteiger partial charge in [0.05, 0.1) is 32.5 Å². The molecule has 10 heteroatoms. The number of nitrogens with two attached hydrogens (primary N) is 1. The molecule has 0 radical (unpaired) electrons. The fourth-order valence-corrected chi connectivity index (χ4v) is 6.20. The number of carbonyl (C=O) groups is 3. The minimum absolute atomic E-state index is 0.112. The third kappa shape index (κ3) is 9.78. The van der Waals surface area contributed by atoms with Gasteiger partial charge in [0, 0.05) is 25.4 Å². The Kier molecular flexibility index (Phi) is 13.2. The molecule has 2 aromatic carbocycles. The molecule has 4 rings (SSSR count). The molecule has 0 bridgehead atoms. The van der Waals surface area contributed by atoms with Gasteiger partial charge in [-0.15, -0.1) is 0 Å². The van der Waals surface area contributed by atoms with Crippen LogP contribution in [0.5, 0.6) is 5.75 Å².